The molecule has 2 rings (SSSR count). The zero-order valence-corrected chi connectivity index (χ0v) is 8.55. The molecule has 0 saturated carbocycles. The summed E-state index contributed by atoms with van der Waals surface area (Å²) in [7, 11) is -0.905. The fraction of sp³-hybridized carbons (Fsp3) is 0.300. The Morgan fingerprint density at radius 2 is 2.38 bits per heavy atom. The minimum absolute atomic E-state index is 0.0455. The molecule has 0 saturated heterocycles. The Balaban J connectivity index is 2.01. The summed E-state index contributed by atoms with van der Waals surface area (Å²) in [4.78, 5) is 10.3. The van der Waals surface area contributed by atoms with E-state index in [1.165, 1.54) is 0 Å². The van der Waals surface area contributed by atoms with E-state index < -0.39 is 13.1 Å². The third-order valence-corrected chi connectivity index (χ3v) is 2.36. The first kappa shape index (κ1) is 11.0. The number of carboxylic acid groups (broad SMARTS) is 1. The molecule has 6 heteroatoms. The third kappa shape index (κ3) is 2.34. The minimum Gasteiger partial charge on any atom is -0.493 e. The molecule has 0 aliphatic carbocycles. The van der Waals surface area contributed by atoms with E-state index in [9.17, 15) is 9.82 Å². The molecular formula is C10H11BO5. The molecule has 0 fully saturated rings. The fourth-order valence-electron chi connectivity index (χ4n) is 1.54. The van der Waals surface area contributed by atoms with Crippen LogP contribution in [0.25, 0.3) is 0 Å². The highest BCUT2D eigenvalue weighted by molar-refractivity contribution is 6.61. The first-order valence-corrected chi connectivity index (χ1v) is 4.94. The van der Waals surface area contributed by atoms with Gasteiger partial charge in [-0.1, -0.05) is 6.07 Å². The Labute approximate surface area is 92.8 Å². The summed E-state index contributed by atoms with van der Waals surface area (Å²) in [5.74, 6) is -0.353. The molecule has 1 aliphatic rings. The highest BCUT2D eigenvalue weighted by atomic mass is 16.5. The molecule has 1 aliphatic heterocycles. The van der Waals surface area contributed by atoms with E-state index in [1.54, 1.807) is 12.1 Å². The average Bonchev–Trinajstić information content (AvgIpc) is 2.60. The lowest BCUT2D eigenvalue weighted by molar-refractivity contribution is -0.137. The zero-order valence-electron chi connectivity index (χ0n) is 8.55. The van der Waals surface area contributed by atoms with Crippen LogP contribution in [-0.2, 0) is 16.1 Å². The number of carbonyl (C=O) groups is 1. The molecule has 0 unspecified atom stereocenters. The lowest BCUT2D eigenvalue weighted by atomic mass is 9.79. The molecular weight excluding hydrogens is 211 g/mol. The first-order valence-electron chi connectivity index (χ1n) is 4.94. The van der Waals surface area contributed by atoms with Gasteiger partial charge >= 0.3 is 13.1 Å². The maximum Gasteiger partial charge on any atom is 0.491 e. The molecule has 5 nitrogen and oxygen atoms in total. The molecule has 1 aromatic rings. The van der Waals surface area contributed by atoms with E-state index in [1.807, 2.05) is 6.07 Å². The van der Waals surface area contributed by atoms with Crippen molar-refractivity contribution in [2.75, 3.05) is 6.61 Å². The van der Waals surface area contributed by atoms with Crippen LogP contribution in [0.3, 0.4) is 0 Å². The number of hydrogen-bond acceptors (Lipinski definition) is 4. The molecule has 84 valence electrons. The second kappa shape index (κ2) is 4.55. The van der Waals surface area contributed by atoms with Crippen LogP contribution < -0.4 is 10.2 Å². The second-order valence-electron chi connectivity index (χ2n) is 3.52. The van der Waals surface area contributed by atoms with Gasteiger partial charge in [0.1, 0.15) is 5.75 Å². The maximum atomic E-state index is 10.3. The number of carboxylic acids is 1. The number of benzene rings is 1. The normalized spacial score (nSPS) is 13.7. The lowest BCUT2D eigenvalue weighted by Gasteiger charge is -2.06. The Bertz CT molecular complexity index is 406. The molecule has 0 atom stereocenters. The van der Waals surface area contributed by atoms with Crippen LogP contribution in [0, 0.1) is 0 Å². The topological polar surface area (TPSA) is 76.0 Å². The van der Waals surface area contributed by atoms with E-state index in [0.717, 1.165) is 5.56 Å². The van der Waals surface area contributed by atoms with E-state index in [2.05, 4.69) is 0 Å². The van der Waals surface area contributed by atoms with Crippen molar-refractivity contribution in [2.24, 2.45) is 0 Å². The third-order valence-electron chi connectivity index (χ3n) is 2.36. The molecule has 1 aromatic carbocycles. The van der Waals surface area contributed by atoms with Crippen LogP contribution in [0.15, 0.2) is 18.2 Å². The number of rotatable bonds is 4. The van der Waals surface area contributed by atoms with E-state index in [4.69, 9.17) is 14.5 Å². The minimum atomic E-state index is -0.905. The molecule has 0 aromatic heterocycles. The average molecular weight is 222 g/mol. The standard InChI is InChI=1S/C10H11BO5/c12-10(13)3-4-15-8-2-1-7-6-16-11(14)9(7)5-8/h1-2,5,14H,3-4,6H2,(H,12,13). The van der Waals surface area contributed by atoms with Crippen molar-refractivity contribution in [1.82, 2.24) is 0 Å². The second-order valence-corrected chi connectivity index (χ2v) is 3.52. The predicted molar refractivity (Wildman–Crippen MR) is 56.6 cm³/mol. The van der Waals surface area contributed by atoms with Gasteiger partial charge in [-0.25, -0.2) is 0 Å². The summed E-state index contributed by atoms with van der Waals surface area (Å²) in [6, 6.07) is 5.22. The van der Waals surface area contributed by atoms with Gasteiger partial charge in [0.15, 0.2) is 0 Å². The summed E-state index contributed by atoms with van der Waals surface area (Å²) in [5, 5.41) is 17.9. The van der Waals surface area contributed by atoms with Crippen molar-refractivity contribution in [3.05, 3.63) is 23.8 Å². The molecule has 2 N–H and O–H groups in total. The van der Waals surface area contributed by atoms with Gasteiger partial charge in [-0.15, -0.1) is 0 Å². The van der Waals surface area contributed by atoms with Crippen LogP contribution in [0.5, 0.6) is 5.75 Å². The van der Waals surface area contributed by atoms with Gasteiger partial charge in [0.05, 0.1) is 19.6 Å². The number of hydrogen-bond donors (Lipinski definition) is 2. The van der Waals surface area contributed by atoms with E-state index >= 15 is 0 Å². The van der Waals surface area contributed by atoms with Gasteiger partial charge in [-0.05, 0) is 23.2 Å². The summed E-state index contributed by atoms with van der Waals surface area (Å²) in [5.41, 5.74) is 1.62. The largest absolute Gasteiger partial charge is 0.493 e. The van der Waals surface area contributed by atoms with Crippen LogP contribution in [-0.4, -0.2) is 29.8 Å². The van der Waals surface area contributed by atoms with Gasteiger partial charge in [0, 0.05) is 0 Å². The summed E-state index contributed by atoms with van der Waals surface area (Å²) in [6.45, 7) is 0.511. The SMILES string of the molecule is O=C(O)CCOc1ccc2c(c1)B(O)OC2. The van der Waals surface area contributed by atoms with Gasteiger partial charge in [0.25, 0.3) is 0 Å². The quantitative estimate of drug-likeness (QED) is 0.687. The molecule has 0 radical (unpaired) electrons. The highest BCUT2D eigenvalue weighted by Crippen LogP contribution is 2.16. The summed E-state index contributed by atoms with van der Waals surface area (Å²) in [6.07, 6.45) is -0.0455. The van der Waals surface area contributed by atoms with Gasteiger partial charge in [-0.2, -0.15) is 0 Å². The van der Waals surface area contributed by atoms with Crippen molar-refractivity contribution >= 4 is 18.6 Å². The number of ether oxygens (including phenoxy) is 1. The van der Waals surface area contributed by atoms with Gasteiger partial charge in [0.2, 0.25) is 0 Å². The van der Waals surface area contributed by atoms with Crippen LogP contribution in [0.2, 0.25) is 0 Å². The van der Waals surface area contributed by atoms with Crippen molar-refractivity contribution < 1.29 is 24.3 Å². The molecule has 0 bridgehead atoms. The Morgan fingerprint density at radius 3 is 3.12 bits per heavy atom. The van der Waals surface area contributed by atoms with E-state index in [-0.39, 0.29) is 13.0 Å². The van der Waals surface area contributed by atoms with Crippen molar-refractivity contribution in [2.45, 2.75) is 13.0 Å². The highest BCUT2D eigenvalue weighted by Gasteiger charge is 2.27. The monoisotopic (exact) mass is 222 g/mol. The smallest absolute Gasteiger partial charge is 0.491 e. The van der Waals surface area contributed by atoms with Gasteiger partial charge < -0.3 is 19.5 Å². The van der Waals surface area contributed by atoms with Crippen LogP contribution in [0.1, 0.15) is 12.0 Å². The molecule has 0 amide bonds. The van der Waals surface area contributed by atoms with Crippen molar-refractivity contribution in [3.63, 3.8) is 0 Å². The summed E-state index contributed by atoms with van der Waals surface area (Å²) >= 11 is 0. The lowest BCUT2D eigenvalue weighted by Crippen LogP contribution is -2.28. The molecule has 0 spiro atoms. The first-order chi connectivity index (χ1) is 7.66. The van der Waals surface area contributed by atoms with Crippen LogP contribution >= 0.6 is 0 Å². The maximum absolute atomic E-state index is 10.3. The number of fused-ring (bicyclic) bond motifs is 1. The Kier molecular flexibility index (Phi) is 3.12. The van der Waals surface area contributed by atoms with Crippen molar-refractivity contribution in [3.8, 4) is 5.75 Å². The van der Waals surface area contributed by atoms with Crippen LogP contribution in [0.4, 0.5) is 0 Å². The molecule has 16 heavy (non-hydrogen) atoms. The summed E-state index contributed by atoms with van der Waals surface area (Å²) < 4.78 is 10.3. The predicted octanol–water partition coefficient (Wildman–Crippen LogP) is -0.242. The van der Waals surface area contributed by atoms with Gasteiger partial charge in [-0.3, -0.25) is 4.79 Å². The van der Waals surface area contributed by atoms with E-state index in [0.29, 0.717) is 17.8 Å². The zero-order chi connectivity index (χ0) is 11.5. The Morgan fingerprint density at radius 1 is 1.56 bits per heavy atom. The molecule has 1 heterocycles. The fourth-order valence-corrected chi connectivity index (χ4v) is 1.54. The van der Waals surface area contributed by atoms with Crippen molar-refractivity contribution in [1.29, 1.82) is 0 Å². The Hall–Kier alpha value is -1.53. The number of aliphatic carboxylic acids is 1.